The van der Waals surface area contributed by atoms with Gasteiger partial charge in [-0.3, -0.25) is 28.8 Å². The molecule has 0 aromatic carbocycles. The van der Waals surface area contributed by atoms with E-state index >= 15 is 0 Å². The van der Waals surface area contributed by atoms with Gasteiger partial charge in [0.2, 0.25) is 23.6 Å². The maximum absolute atomic E-state index is 13.4. The lowest BCUT2D eigenvalue weighted by atomic mass is 9.97. The molecule has 0 heterocycles. The van der Waals surface area contributed by atoms with Gasteiger partial charge < -0.3 is 32.7 Å². The largest absolute Gasteiger partial charge is 0.344 e. The minimum Gasteiger partial charge on any atom is -0.344 e. The number of carbonyl (C=O) groups excluding carboxylic acids is 6. The van der Waals surface area contributed by atoms with E-state index in [0.29, 0.717) is 23.7 Å². The normalized spacial score (nSPS) is 15.8. The van der Waals surface area contributed by atoms with Crippen LogP contribution < -0.4 is 32.7 Å². The van der Waals surface area contributed by atoms with Crippen LogP contribution >= 0.6 is 0 Å². The summed E-state index contributed by atoms with van der Waals surface area (Å²) in [5, 5.41) is 12.1. The van der Waals surface area contributed by atoms with Crippen molar-refractivity contribution in [2.24, 2.45) is 47.0 Å². The van der Waals surface area contributed by atoms with Gasteiger partial charge in [-0.2, -0.15) is 0 Å². The summed E-state index contributed by atoms with van der Waals surface area (Å²) in [5.41, 5.74) is 12.1. The molecule has 0 spiro atoms. The van der Waals surface area contributed by atoms with Crippen molar-refractivity contribution in [1.82, 2.24) is 21.3 Å². The third-order valence-electron chi connectivity index (χ3n) is 8.38. The van der Waals surface area contributed by atoms with Gasteiger partial charge in [0, 0.05) is 10.8 Å². The Morgan fingerprint density at radius 1 is 0.418 bits per heavy atom. The molecule has 0 aliphatic heterocycles. The average Bonchev–Trinajstić information content (AvgIpc) is 3.03. The van der Waals surface area contributed by atoms with Crippen molar-refractivity contribution in [1.29, 1.82) is 0 Å². The van der Waals surface area contributed by atoms with Crippen LogP contribution in [0.2, 0.25) is 0 Å². The smallest absolute Gasteiger partial charge is 0.243 e. The van der Waals surface area contributed by atoms with Crippen molar-refractivity contribution in [2.75, 3.05) is 0 Å². The fraction of sp³-hybridized carbons (Fsp3) is 0.750. The molecule has 0 rings (SSSR count). The molecule has 0 saturated heterocycles. The van der Waals surface area contributed by atoms with Crippen molar-refractivity contribution < 1.29 is 37.2 Å². The minimum atomic E-state index is -4.26. The zero-order valence-corrected chi connectivity index (χ0v) is 36.1. The molecule has 14 nitrogen and oxygen atoms in total. The quantitative estimate of drug-likeness (QED) is 0.0698. The van der Waals surface area contributed by atoms with Crippen molar-refractivity contribution in [3.63, 3.8) is 0 Å². The van der Waals surface area contributed by atoms with E-state index in [2.05, 4.69) is 21.3 Å². The van der Waals surface area contributed by atoms with Crippen molar-refractivity contribution in [3.8, 4) is 0 Å². The Morgan fingerprint density at radius 2 is 0.655 bits per heavy atom. The first-order valence-electron chi connectivity index (χ1n) is 19.7. The molecule has 0 radical (unpaired) electrons. The molecular weight excluding hydrogens is 725 g/mol. The van der Waals surface area contributed by atoms with Crippen LogP contribution in [0.4, 0.5) is 0 Å². The van der Waals surface area contributed by atoms with Gasteiger partial charge >= 0.3 is 0 Å². The van der Waals surface area contributed by atoms with Crippen LogP contribution in [0.15, 0.2) is 23.0 Å². The first-order chi connectivity index (χ1) is 25.2. The summed E-state index contributed by atoms with van der Waals surface area (Å²) < 4.78 is 26.0. The minimum absolute atomic E-state index is 0.0189. The summed E-state index contributed by atoms with van der Waals surface area (Å²) in [7, 11) is -4.26. The Bertz CT molecular complexity index is 1340. The monoisotopic (exact) mass is 797 g/mol. The van der Waals surface area contributed by atoms with Gasteiger partial charge in [-0.05, 0) is 86.2 Å². The zero-order valence-electron chi connectivity index (χ0n) is 35.3. The van der Waals surface area contributed by atoms with E-state index in [1.165, 1.54) is 0 Å². The lowest BCUT2D eigenvalue weighted by Crippen LogP contribution is -2.55. The van der Waals surface area contributed by atoms with Gasteiger partial charge in [-0.15, -0.1) is 0 Å². The number of nitrogens with one attached hydrogen (secondary N) is 4. The molecule has 8 N–H and O–H groups in total. The van der Waals surface area contributed by atoms with Gasteiger partial charge in [-0.25, -0.2) is 8.42 Å². The zero-order chi connectivity index (χ0) is 42.8. The Kier molecular flexibility index (Phi) is 23.4. The topological polar surface area (TPSA) is 237 Å². The van der Waals surface area contributed by atoms with Crippen molar-refractivity contribution in [2.45, 2.75) is 158 Å². The molecule has 6 atom stereocenters. The molecule has 316 valence electrons. The second-order valence-corrected chi connectivity index (χ2v) is 19.0. The summed E-state index contributed by atoms with van der Waals surface area (Å²) in [6.07, 6.45) is 3.48. The fourth-order valence-electron chi connectivity index (χ4n) is 5.77. The van der Waals surface area contributed by atoms with Crippen molar-refractivity contribution in [3.05, 3.63) is 23.0 Å². The summed E-state index contributed by atoms with van der Waals surface area (Å²) in [6.45, 7) is 22.6. The number of carbonyl (C=O) groups is 6. The molecule has 15 heteroatoms. The highest BCUT2D eigenvalue weighted by molar-refractivity contribution is 7.97. The number of rotatable bonds is 26. The standard InChI is InChI=1S/C40H72N6O8S/c1-23(2)17-29(41)37(49)45-33(21-27(9)10)39(51)43-31(19-25(5)6)35(47)13-15-55(53,54)16-14-36(48)32(20-26(7)8)44-40(52)34(22-28(11)12)46-38(50)30(42)18-24(3)4/h13-16,23-34H,17-22,41-42H2,1-12H3,(H,43,51)(H,44,52)(H,45,49)(H,46,50)/t29-,30-,31-,32-,33-,34-/m0/s1. The van der Waals surface area contributed by atoms with E-state index in [-0.39, 0.29) is 61.2 Å². The lowest BCUT2D eigenvalue weighted by Gasteiger charge is -2.25. The van der Waals surface area contributed by atoms with E-state index in [4.69, 9.17) is 11.5 Å². The first kappa shape index (κ1) is 51.6. The van der Waals surface area contributed by atoms with E-state index in [1.807, 2.05) is 83.1 Å². The third kappa shape index (κ3) is 22.7. The Labute approximate surface area is 330 Å². The van der Waals surface area contributed by atoms with Crippen LogP contribution in [-0.2, 0) is 38.6 Å². The number of sulfone groups is 1. The van der Waals surface area contributed by atoms with Gasteiger partial charge in [0.15, 0.2) is 21.4 Å². The van der Waals surface area contributed by atoms with Crippen LogP contribution in [-0.4, -0.2) is 79.9 Å². The second kappa shape index (κ2) is 25.0. The summed E-state index contributed by atoms with van der Waals surface area (Å²) in [5.74, 6) is -3.27. The third-order valence-corrected chi connectivity index (χ3v) is 9.41. The maximum Gasteiger partial charge on any atom is 0.243 e. The fourth-order valence-corrected chi connectivity index (χ4v) is 6.51. The number of ketones is 2. The summed E-state index contributed by atoms with van der Waals surface area (Å²) in [6, 6.07) is -5.74. The molecule has 0 fully saturated rings. The van der Waals surface area contributed by atoms with Gasteiger partial charge in [-0.1, -0.05) is 83.1 Å². The number of nitrogens with two attached hydrogens (primary N) is 2. The average molecular weight is 797 g/mol. The van der Waals surface area contributed by atoms with Crippen LogP contribution in [0, 0.1) is 35.5 Å². The first-order valence-corrected chi connectivity index (χ1v) is 21.3. The van der Waals surface area contributed by atoms with Gasteiger partial charge in [0.05, 0.1) is 24.2 Å². The molecule has 0 aromatic rings. The molecule has 0 aliphatic carbocycles. The molecule has 0 unspecified atom stereocenters. The SMILES string of the molecule is CC(C)C[C@H](NC(=O)[C@H](CC(C)C)NC(=O)[C@@H](N)CC(C)C)C(=O)C=CS(=O)(=O)C=CC(=O)[C@H](CC(C)C)NC(=O)[C@H](CC(C)C)NC(=O)[C@@H](N)CC(C)C. The van der Waals surface area contributed by atoms with E-state index < -0.39 is 81.3 Å². The Hall–Kier alpha value is -3.43. The maximum atomic E-state index is 13.4. The Balaban J connectivity index is 6.06. The van der Waals surface area contributed by atoms with E-state index in [1.54, 1.807) is 0 Å². The lowest BCUT2D eigenvalue weighted by molar-refractivity contribution is -0.131. The Morgan fingerprint density at radius 3 is 0.909 bits per heavy atom. The predicted octanol–water partition coefficient (Wildman–Crippen LogP) is 3.44. The second-order valence-electron chi connectivity index (χ2n) is 17.2. The van der Waals surface area contributed by atoms with Gasteiger partial charge in [0.25, 0.3) is 0 Å². The molecule has 0 aromatic heterocycles. The van der Waals surface area contributed by atoms with Crippen LogP contribution in [0.5, 0.6) is 0 Å². The van der Waals surface area contributed by atoms with E-state index in [0.717, 1.165) is 12.2 Å². The molecule has 55 heavy (non-hydrogen) atoms. The summed E-state index contributed by atoms with van der Waals surface area (Å²) in [4.78, 5) is 79.0. The number of hydrogen-bond donors (Lipinski definition) is 6. The molecule has 0 aliphatic rings. The van der Waals surface area contributed by atoms with Crippen LogP contribution in [0.3, 0.4) is 0 Å². The number of amides is 4. The molecule has 0 saturated carbocycles. The highest BCUT2D eigenvalue weighted by Gasteiger charge is 2.30. The highest BCUT2D eigenvalue weighted by atomic mass is 32.2. The van der Waals surface area contributed by atoms with Crippen LogP contribution in [0.1, 0.15) is 122 Å². The number of hydrogen-bond acceptors (Lipinski definition) is 10. The van der Waals surface area contributed by atoms with Gasteiger partial charge in [0.1, 0.15) is 12.1 Å². The van der Waals surface area contributed by atoms with Crippen LogP contribution in [0.25, 0.3) is 0 Å². The highest BCUT2D eigenvalue weighted by Crippen LogP contribution is 2.14. The van der Waals surface area contributed by atoms with E-state index in [9.17, 15) is 37.2 Å². The predicted molar refractivity (Wildman–Crippen MR) is 218 cm³/mol. The summed E-state index contributed by atoms with van der Waals surface area (Å²) >= 11 is 0. The van der Waals surface area contributed by atoms with Crippen molar-refractivity contribution >= 4 is 45.0 Å². The molecule has 4 amide bonds. The molecule has 0 bridgehead atoms. The molecular formula is C40H72N6O8S.